The van der Waals surface area contributed by atoms with Gasteiger partial charge in [0, 0.05) is 11.1 Å². The second-order valence-corrected chi connectivity index (χ2v) is 7.98. The zero-order valence-corrected chi connectivity index (χ0v) is 16.9. The molecular formula is C23H21N3O2S. The molecule has 0 saturated carbocycles. The van der Waals surface area contributed by atoms with Crippen LogP contribution in [0.4, 0.5) is 0 Å². The minimum absolute atomic E-state index is 0.0277. The van der Waals surface area contributed by atoms with Gasteiger partial charge in [0.1, 0.15) is 11.6 Å². The minimum Gasteiger partial charge on any atom is -0.307 e. The summed E-state index contributed by atoms with van der Waals surface area (Å²) < 4.78 is 1.41. The number of nitrogens with zero attached hydrogens (tertiary/aromatic N) is 2. The van der Waals surface area contributed by atoms with E-state index in [1.807, 2.05) is 30.3 Å². The first kappa shape index (κ1) is 19.4. The second-order valence-electron chi connectivity index (χ2n) is 7.16. The number of piperidine rings is 1. The van der Waals surface area contributed by atoms with Crippen molar-refractivity contribution in [2.24, 2.45) is 0 Å². The third-order valence-corrected chi connectivity index (χ3v) is 6.37. The smallest absolute Gasteiger partial charge is 0.274 e. The molecule has 3 aromatic rings. The third kappa shape index (κ3) is 3.48. The topological polar surface area (TPSA) is 74.4 Å². The van der Waals surface area contributed by atoms with Crippen LogP contribution in [-0.4, -0.2) is 29.0 Å². The molecule has 1 N–H and O–H groups in total. The van der Waals surface area contributed by atoms with Gasteiger partial charge in [0.15, 0.2) is 5.78 Å². The molecule has 1 fully saturated rings. The average Bonchev–Trinajstić information content (AvgIpc) is 2.79. The van der Waals surface area contributed by atoms with Gasteiger partial charge in [-0.2, -0.15) is 5.26 Å². The fourth-order valence-corrected chi connectivity index (χ4v) is 4.89. The molecule has 5 nitrogen and oxygen atoms in total. The summed E-state index contributed by atoms with van der Waals surface area (Å²) in [7, 11) is 0. The van der Waals surface area contributed by atoms with E-state index in [2.05, 4.69) is 17.4 Å². The monoisotopic (exact) mass is 403 g/mol. The maximum atomic E-state index is 13.6. The Morgan fingerprint density at radius 2 is 1.97 bits per heavy atom. The standard InChI is InChI=1S/C23H21N3O2S/c1-29-22-17(14-24)23(28)26-12-6-5-9-19(26)20(22)21(27)18-13-16(10-11-25-18)15-7-3-2-4-8-15/h2-9,12,16,18,25H,10-11,13H2,1H3. The van der Waals surface area contributed by atoms with Crippen molar-refractivity contribution in [1.29, 1.82) is 5.26 Å². The lowest BCUT2D eigenvalue weighted by molar-refractivity contribution is 0.0919. The van der Waals surface area contributed by atoms with E-state index in [1.54, 1.807) is 24.6 Å². The maximum Gasteiger partial charge on any atom is 0.274 e. The quantitative estimate of drug-likeness (QED) is 0.532. The second kappa shape index (κ2) is 8.24. The van der Waals surface area contributed by atoms with Crippen LogP contribution in [0, 0.1) is 11.3 Å². The molecule has 0 amide bonds. The van der Waals surface area contributed by atoms with E-state index in [-0.39, 0.29) is 22.9 Å². The SMILES string of the molecule is CSc1c(C#N)c(=O)n2ccccc2c1C(=O)C1CC(c2ccccc2)CCN1. The largest absolute Gasteiger partial charge is 0.307 e. The van der Waals surface area contributed by atoms with Crippen molar-refractivity contribution in [3.8, 4) is 6.07 Å². The summed E-state index contributed by atoms with van der Waals surface area (Å²) in [6.07, 6.45) is 5.08. The van der Waals surface area contributed by atoms with Gasteiger partial charge in [-0.05, 0) is 49.3 Å². The Balaban J connectivity index is 1.80. The Bertz CT molecular complexity index is 1160. The summed E-state index contributed by atoms with van der Waals surface area (Å²) in [4.78, 5) is 26.8. The lowest BCUT2D eigenvalue weighted by Gasteiger charge is -2.30. The molecule has 1 saturated heterocycles. The Morgan fingerprint density at radius 1 is 1.21 bits per heavy atom. The minimum atomic E-state index is -0.386. The van der Waals surface area contributed by atoms with Crippen LogP contribution >= 0.6 is 11.8 Å². The number of hydrogen-bond acceptors (Lipinski definition) is 5. The number of pyridine rings is 2. The van der Waals surface area contributed by atoms with Crippen molar-refractivity contribution in [2.75, 3.05) is 12.8 Å². The van der Waals surface area contributed by atoms with Crippen LogP contribution in [0.5, 0.6) is 0 Å². The van der Waals surface area contributed by atoms with Crippen molar-refractivity contribution in [1.82, 2.24) is 9.72 Å². The van der Waals surface area contributed by atoms with Crippen LogP contribution in [0.25, 0.3) is 5.52 Å². The number of nitrogens with one attached hydrogen (secondary N) is 1. The first-order valence-electron chi connectivity index (χ1n) is 9.59. The lowest BCUT2D eigenvalue weighted by atomic mass is 9.84. The van der Waals surface area contributed by atoms with Gasteiger partial charge in [-0.1, -0.05) is 36.4 Å². The number of rotatable bonds is 4. The van der Waals surface area contributed by atoms with Crippen LogP contribution in [-0.2, 0) is 0 Å². The van der Waals surface area contributed by atoms with Gasteiger partial charge in [-0.3, -0.25) is 14.0 Å². The number of ketones is 1. The molecule has 0 bridgehead atoms. The van der Waals surface area contributed by atoms with Gasteiger partial charge in [0.05, 0.1) is 17.1 Å². The summed E-state index contributed by atoms with van der Waals surface area (Å²) >= 11 is 1.28. The van der Waals surface area contributed by atoms with E-state index in [1.165, 1.54) is 21.7 Å². The van der Waals surface area contributed by atoms with Crippen LogP contribution in [0.2, 0.25) is 0 Å². The van der Waals surface area contributed by atoms with E-state index >= 15 is 0 Å². The maximum absolute atomic E-state index is 13.6. The molecule has 146 valence electrons. The number of nitriles is 1. The van der Waals surface area contributed by atoms with Crippen molar-refractivity contribution in [3.05, 3.63) is 81.8 Å². The molecule has 4 rings (SSSR count). The summed E-state index contributed by atoms with van der Waals surface area (Å²) in [5.74, 6) is 0.243. The van der Waals surface area contributed by atoms with Crippen molar-refractivity contribution in [3.63, 3.8) is 0 Å². The van der Waals surface area contributed by atoms with Crippen LogP contribution in [0.1, 0.15) is 40.2 Å². The number of aromatic nitrogens is 1. The van der Waals surface area contributed by atoms with Gasteiger partial charge < -0.3 is 5.32 Å². The molecule has 3 heterocycles. The van der Waals surface area contributed by atoms with Gasteiger partial charge in [0.25, 0.3) is 5.56 Å². The predicted octanol–water partition coefficient (Wildman–Crippen LogP) is 3.61. The molecule has 1 aliphatic heterocycles. The molecule has 1 aromatic carbocycles. The van der Waals surface area contributed by atoms with E-state index in [0.29, 0.717) is 28.3 Å². The molecular weight excluding hydrogens is 382 g/mol. The first-order valence-corrected chi connectivity index (χ1v) is 10.8. The number of carbonyl (C=O) groups excluding carboxylic acids is 1. The summed E-state index contributed by atoms with van der Waals surface area (Å²) in [5.41, 5.74) is 1.89. The molecule has 1 aliphatic rings. The Hall–Kier alpha value is -2.88. The van der Waals surface area contributed by atoms with Crippen molar-refractivity contribution in [2.45, 2.75) is 29.7 Å². The molecule has 2 atom stereocenters. The van der Waals surface area contributed by atoms with E-state index in [0.717, 1.165) is 13.0 Å². The fourth-order valence-electron chi connectivity index (χ4n) is 4.14. The highest BCUT2D eigenvalue weighted by molar-refractivity contribution is 7.98. The molecule has 2 unspecified atom stereocenters. The first-order chi connectivity index (χ1) is 14.2. The summed E-state index contributed by atoms with van der Waals surface area (Å²) in [5, 5.41) is 12.9. The summed E-state index contributed by atoms with van der Waals surface area (Å²) in [6, 6.07) is 17.2. The van der Waals surface area contributed by atoms with E-state index < -0.39 is 0 Å². The number of thioether (sulfide) groups is 1. The number of carbonyl (C=O) groups is 1. The molecule has 29 heavy (non-hydrogen) atoms. The van der Waals surface area contributed by atoms with Gasteiger partial charge >= 0.3 is 0 Å². The zero-order chi connectivity index (χ0) is 20.4. The number of benzene rings is 1. The third-order valence-electron chi connectivity index (χ3n) is 5.56. The van der Waals surface area contributed by atoms with Crippen LogP contribution < -0.4 is 10.9 Å². The van der Waals surface area contributed by atoms with E-state index in [4.69, 9.17) is 0 Å². The molecule has 6 heteroatoms. The molecule has 0 aliphatic carbocycles. The highest BCUT2D eigenvalue weighted by atomic mass is 32.2. The van der Waals surface area contributed by atoms with Crippen LogP contribution in [0.3, 0.4) is 0 Å². The fraction of sp³-hybridized carbons (Fsp3) is 0.261. The zero-order valence-electron chi connectivity index (χ0n) is 16.1. The Labute approximate surface area is 173 Å². The number of Topliss-reactive ketones (excluding diaryl/α,β-unsaturated/α-hetero) is 1. The molecule has 0 radical (unpaired) electrons. The van der Waals surface area contributed by atoms with Gasteiger partial charge in [-0.25, -0.2) is 0 Å². The van der Waals surface area contributed by atoms with Crippen molar-refractivity contribution >= 4 is 23.1 Å². The Morgan fingerprint density at radius 3 is 2.69 bits per heavy atom. The molecule has 2 aromatic heterocycles. The number of hydrogen-bond donors (Lipinski definition) is 1. The summed E-state index contributed by atoms with van der Waals surface area (Å²) in [6.45, 7) is 0.750. The van der Waals surface area contributed by atoms with Gasteiger partial charge in [0.2, 0.25) is 0 Å². The highest BCUT2D eigenvalue weighted by Crippen LogP contribution is 2.32. The average molecular weight is 404 g/mol. The van der Waals surface area contributed by atoms with Crippen LogP contribution in [0.15, 0.2) is 64.4 Å². The number of fused-ring (bicyclic) bond motifs is 1. The van der Waals surface area contributed by atoms with Crippen molar-refractivity contribution < 1.29 is 4.79 Å². The van der Waals surface area contributed by atoms with E-state index in [9.17, 15) is 14.9 Å². The predicted molar refractivity (Wildman–Crippen MR) is 115 cm³/mol. The van der Waals surface area contributed by atoms with Gasteiger partial charge in [-0.15, -0.1) is 11.8 Å². The normalized spacial score (nSPS) is 19.0. The Kier molecular flexibility index (Phi) is 5.52. The lowest BCUT2D eigenvalue weighted by Crippen LogP contribution is -2.43. The molecule has 0 spiro atoms. The highest BCUT2D eigenvalue weighted by Gasteiger charge is 2.32.